The molecular formula is C21H19ClF2N4O4S. The van der Waals surface area contributed by atoms with Gasteiger partial charge in [0.1, 0.15) is 5.82 Å². The van der Waals surface area contributed by atoms with E-state index in [-0.39, 0.29) is 29.6 Å². The third kappa shape index (κ3) is 4.48. The molecule has 3 aromatic rings. The summed E-state index contributed by atoms with van der Waals surface area (Å²) in [6, 6.07) is 7.11. The summed E-state index contributed by atoms with van der Waals surface area (Å²) in [6.07, 6.45) is 0. The second-order valence-electron chi connectivity index (χ2n) is 8.12. The van der Waals surface area contributed by atoms with Gasteiger partial charge in [-0.25, -0.2) is 17.2 Å². The van der Waals surface area contributed by atoms with Gasteiger partial charge in [0.15, 0.2) is 15.5 Å². The fourth-order valence-corrected chi connectivity index (χ4v) is 5.08. The lowest BCUT2D eigenvalue weighted by Gasteiger charge is -2.24. The van der Waals surface area contributed by atoms with Gasteiger partial charge >= 0.3 is 0 Å². The SMILES string of the molecule is CC(C)(F)c1nnc(-c2cc3c(cc2F)S(=O)(=O)C[C@H](N)C(=O)N3Cc2ccc(Cl)cc2)o1. The van der Waals surface area contributed by atoms with Crippen molar-refractivity contribution in [3.8, 4) is 11.5 Å². The van der Waals surface area contributed by atoms with Crippen LogP contribution in [-0.2, 0) is 26.8 Å². The van der Waals surface area contributed by atoms with Crippen LogP contribution in [0.4, 0.5) is 14.5 Å². The molecule has 1 aliphatic heterocycles. The normalized spacial score (nSPS) is 18.2. The van der Waals surface area contributed by atoms with Crippen LogP contribution in [0.25, 0.3) is 11.5 Å². The van der Waals surface area contributed by atoms with Crippen molar-refractivity contribution in [3.63, 3.8) is 0 Å². The van der Waals surface area contributed by atoms with E-state index in [0.29, 0.717) is 10.6 Å². The topological polar surface area (TPSA) is 119 Å². The second-order valence-corrected chi connectivity index (χ2v) is 10.6. The van der Waals surface area contributed by atoms with Crippen LogP contribution >= 0.6 is 11.6 Å². The molecule has 0 saturated heterocycles. The molecule has 0 unspecified atom stereocenters. The third-order valence-electron chi connectivity index (χ3n) is 5.07. The van der Waals surface area contributed by atoms with Crippen molar-refractivity contribution in [1.82, 2.24) is 10.2 Å². The summed E-state index contributed by atoms with van der Waals surface area (Å²) in [7, 11) is -4.11. The molecule has 12 heteroatoms. The van der Waals surface area contributed by atoms with Crippen molar-refractivity contribution in [2.75, 3.05) is 10.7 Å². The summed E-state index contributed by atoms with van der Waals surface area (Å²) in [4.78, 5) is 13.8. The van der Waals surface area contributed by atoms with E-state index in [1.807, 2.05) is 0 Å². The molecule has 0 aliphatic carbocycles. The van der Waals surface area contributed by atoms with Crippen LogP contribution in [0.3, 0.4) is 0 Å². The average Bonchev–Trinajstić information content (AvgIpc) is 3.21. The summed E-state index contributed by atoms with van der Waals surface area (Å²) in [5.41, 5.74) is 4.15. The maximum atomic E-state index is 15.0. The second kappa shape index (κ2) is 8.15. The lowest BCUT2D eigenvalue weighted by atomic mass is 10.1. The summed E-state index contributed by atoms with van der Waals surface area (Å²) in [6.45, 7) is 2.33. The molecule has 1 aliphatic rings. The first-order valence-electron chi connectivity index (χ1n) is 9.78. The first-order valence-corrected chi connectivity index (χ1v) is 11.8. The van der Waals surface area contributed by atoms with Crippen molar-refractivity contribution in [2.24, 2.45) is 5.73 Å². The van der Waals surface area contributed by atoms with E-state index in [1.54, 1.807) is 24.3 Å². The molecule has 2 N–H and O–H groups in total. The summed E-state index contributed by atoms with van der Waals surface area (Å²) in [5.74, 6) is -3.08. The van der Waals surface area contributed by atoms with Gasteiger partial charge in [0.2, 0.25) is 5.91 Å². The fraction of sp³-hybridized carbons (Fsp3) is 0.286. The zero-order valence-electron chi connectivity index (χ0n) is 17.5. The molecule has 0 fully saturated rings. The van der Waals surface area contributed by atoms with Crippen molar-refractivity contribution in [1.29, 1.82) is 0 Å². The number of carbonyl (C=O) groups is 1. The fourth-order valence-electron chi connectivity index (χ4n) is 3.39. The molecule has 0 spiro atoms. The Kier molecular flexibility index (Phi) is 5.75. The molecule has 0 bridgehead atoms. The first-order chi connectivity index (χ1) is 15.4. The highest BCUT2D eigenvalue weighted by Crippen LogP contribution is 2.37. The number of aromatic nitrogens is 2. The Morgan fingerprint density at radius 1 is 1.24 bits per heavy atom. The summed E-state index contributed by atoms with van der Waals surface area (Å²) in [5, 5.41) is 7.76. The van der Waals surface area contributed by atoms with Gasteiger partial charge in [-0.05, 0) is 43.7 Å². The highest BCUT2D eigenvalue weighted by molar-refractivity contribution is 7.91. The van der Waals surface area contributed by atoms with Crippen LogP contribution in [0.5, 0.6) is 0 Å². The molecule has 2 aromatic carbocycles. The van der Waals surface area contributed by atoms with Gasteiger partial charge in [-0.3, -0.25) is 4.79 Å². The molecule has 4 rings (SSSR count). The van der Waals surface area contributed by atoms with E-state index in [1.165, 1.54) is 13.8 Å². The molecule has 174 valence electrons. The zero-order valence-corrected chi connectivity index (χ0v) is 19.1. The van der Waals surface area contributed by atoms with E-state index >= 15 is 4.39 Å². The molecule has 0 saturated carbocycles. The number of sulfone groups is 1. The standard InChI is InChI=1S/C21H19ClF2N4O4S/c1-21(2,24)20-27-26-18(32-20)13-7-16-17(8-14(13)23)33(30,31)10-15(25)19(29)28(16)9-11-3-5-12(22)6-4-11/h3-8,15H,9-10,25H2,1-2H3/t15-/m0/s1. The molecule has 1 atom stereocenters. The number of fused-ring (bicyclic) bond motifs is 1. The Morgan fingerprint density at radius 3 is 2.52 bits per heavy atom. The Morgan fingerprint density at radius 2 is 1.91 bits per heavy atom. The zero-order chi connectivity index (χ0) is 24.1. The van der Waals surface area contributed by atoms with Crippen molar-refractivity contribution in [2.45, 2.75) is 37.0 Å². The lowest BCUT2D eigenvalue weighted by molar-refractivity contribution is -0.119. The maximum absolute atomic E-state index is 15.0. The number of carbonyl (C=O) groups excluding carboxylic acids is 1. The number of amides is 1. The number of hydrogen-bond acceptors (Lipinski definition) is 7. The van der Waals surface area contributed by atoms with Gasteiger partial charge in [0.25, 0.3) is 11.8 Å². The molecule has 1 amide bonds. The Balaban J connectivity index is 1.89. The number of benzene rings is 2. The minimum absolute atomic E-state index is 0.0517. The predicted octanol–water partition coefficient (Wildman–Crippen LogP) is 3.38. The van der Waals surface area contributed by atoms with Crippen molar-refractivity contribution in [3.05, 3.63) is 58.7 Å². The van der Waals surface area contributed by atoms with Gasteiger partial charge in [-0.2, -0.15) is 0 Å². The Hall–Kier alpha value is -2.89. The average molecular weight is 497 g/mol. The van der Waals surface area contributed by atoms with E-state index in [4.69, 9.17) is 21.8 Å². The Labute approximate surface area is 193 Å². The number of halogens is 3. The van der Waals surface area contributed by atoms with Gasteiger partial charge in [0, 0.05) is 5.02 Å². The highest BCUT2D eigenvalue weighted by atomic mass is 35.5. The summed E-state index contributed by atoms with van der Waals surface area (Å²) >= 11 is 5.92. The van der Waals surface area contributed by atoms with Crippen molar-refractivity contribution >= 4 is 33.0 Å². The maximum Gasteiger partial charge on any atom is 0.253 e. The first kappa shape index (κ1) is 23.3. The van der Waals surface area contributed by atoms with Gasteiger partial charge in [-0.1, -0.05) is 23.7 Å². The predicted molar refractivity (Wildman–Crippen MR) is 116 cm³/mol. The highest BCUT2D eigenvalue weighted by Gasteiger charge is 2.38. The van der Waals surface area contributed by atoms with Crippen LogP contribution in [0.2, 0.25) is 5.02 Å². The van der Waals surface area contributed by atoms with Crippen LogP contribution in [-0.4, -0.2) is 36.3 Å². The number of hydrogen-bond donors (Lipinski definition) is 1. The molecule has 2 heterocycles. The van der Waals surface area contributed by atoms with Crippen LogP contribution in [0, 0.1) is 5.82 Å². The van der Waals surface area contributed by atoms with E-state index in [9.17, 15) is 17.6 Å². The van der Waals surface area contributed by atoms with Crippen LogP contribution < -0.4 is 10.6 Å². The summed E-state index contributed by atoms with van der Waals surface area (Å²) < 4.78 is 60.2. The molecule has 1 aromatic heterocycles. The van der Waals surface area contributed by atoms with Gasteiger partial charge < -0.3 is 15.1 Å². The van der Waals surface area contributed by atoms with Crippen LogP contribution in [0.1, 0.15) is 25.3 Å². The molecular weight excluding hydrogens is 478 g/mol. The molecule has 8 nitrogen and oxygen atoms in total. The number of nitrogens with two attached hydrogens (primary N) is 1. The minimum atomic E-state index is -4.11. The lowest BCUT2D eigenvalue weighted by Crippen LogP contribution is -2.45. The largest absolute Gasteiger partial charge is 0.417 e. The smallest absolute Gasteiger partial charge is 0.253 e. The molecule has 0 radical (unpaired) electrons. The van der Waals surface area contributed by atoms with Gasteiger partial charge in [-0.15, -0.1) is 10.2 Å². The van der Waals surface area contributed by atoms with Crippen molar-refractivity contribution < 1.29 is 26.4 Å². The minimum Gasteiger partial charge on any atom is -0.417 e. The molecule has 33 heavy (non-hydrogen) atoms. The van der Waals surface area contributed by atoms with E-state index < -0.39 is 43.9 Å². The number of nitrogens with zero attached hydrogens (tertiary/aromatic N) is 3. The van der Waals surface area contributed by atoms with E-state index in [0.717, 1.165) is 17.0 Å². The number of anilines is 1. The number of rotatable bonds is 4. The van der Waals surface area contributed by atoms with Crippen LogP contribution in [0.15, 0.2) is 45.7 Å². The quantitative estimate of drug-likeness (QED) is 0.588. The van der Waals surface area contributed by atoms with E-state index in [2.05, 4.69) is 10.2 Å². The third-order valence-corrected chi connectivity index (χ3v) is 7.12. The monoisotopic (exact) mass is 496 g/mol. The Bertz CT molecular complexity index is 1340. The van der Waals surface area contributed by atoms with Gasteiger partial charge in [0.05, 0.1) is 34.5 Å². The number of alkyl halides is 1.